The van der Waals surface area contributed by atoms with E-state index in [1.807, 2.05) is 29.2 Å². The number of carbonyl (C=O) groups is 1. The standard InChI is InChI=1S/C22H26N2O2/c1-26-20-9-7-17(8-10-20)15-24-16-22(23-21(24)25)13-11-19(12-14-22)18-5-3-2-4-6-18/h2-10,19H,11-16H2,1H3,(H,23,25). The fraction of sp³-hybridized carbons (Fsp3) is 0.409. The Hall–Kier alpha value is -2.49. The minimum Gasteiger partial charge on any atom is -0.497 e. The zero-order valence-corrected chi connectivity index (χ0v) is 15.3. The summed E-state index contributed by atoms with van der Waals surface area (Å²) in [6.45, 7) is 1.46. The zero-order valence-electron chi connectivity index (χ0n) is 15.3. The lowest BCUT2D eigenvalue weighted by Crippen LogP contribution is -2.46. The summed E-state index contributed by atoms with van der Waals surface area (Å²) >= 11 is 0. The van der Waals surface area contributed by atoms with Gasteiger partial charge in [-0.2, -0.15) is 0 Å². The Bertz CT molecular complexity index is 749. The van der Waals surface area contributed by atoms with E-state index >= 15 is 0 Å². The Morgan fingerprint density at radius 3 is 2.42 bits per heavy atom. The van der Waals surface area contributed by atoms with Gasteiger partial charge in [0.05, 0.1) is 12.6 Å². The van der Waals surface area contributed by atoms with Crippen molar-refractivity contribution in [2.75, 3.05) is 13.7 Å². The van der Waals surface area contributed by atoms with Crippen LogP contribution in [0.2, 0.25) is 0 Å². The molecule has 2 aliphatic rings. The number of amides is 2. The Morgan fingerprint density at radius 2 is 1.77 bits per heavy atom. The van der Waals surface area contributed by atoms with Gasteiger partial charge in [-0.15, -0.1) is 0 Å². The van der Waals surface area contributed by atoms with E-state index in [0.29, 0.717) is 12.5 Å². The normalized spacial score (nSPS) is 25.3. The molecule has 2 aromatic rings. The summed E-state index contributed by atoms with van der Waals surface area (Å²) in [6.07, 6.45) is 4.39. The van der Waals surface area contributed by atoms with Crippen LogP contribution in [0.5, 0.6) is 5.75 Å². The van der Waals surface area contributed by atoms with Crippen molar-refractivity contribution >= 4 is 6.03 Å². The summed E-state index contributed by atoms with van der Waals surface area (Å²) in [5, 5.41) is 3.30. The van der Waals surface area contributed by atoms with Crippen LogP contribution in [0, 0.1) is 0 Å². The van der Waals surface area contributed by atoms with Crippen molar-refractivity contribution in [2.45, 2.75) is 43.7 Å². The molecule has 2 amide bonds. The number of benzene rings is 2. The summed E-state index contributed by atoms with van der Waals surface area (Å²) in [6, 6.07) is 18.8. The van der Waals surface area contributed by atoms with Crippen LogP contribution in [-0.4, -0.2) is 30.1 Å². The van der Waals surface area contributed by atoms with Gasteiger partial charge in [0.2, 0.25) is 0 Å². The molecule has 1 saturated carbocycles. The van der Waals surface area contributed by atoms with Gasteiger partial charge in [-0.1, -0.05) is 42.5 Å². The smallest absolute Gasteiger partial charge is 0.318 e. The van der Waals surface area contributed by atoms with Gasteiger partial charge < -0.3 is 15.0 Å². The molecule has 1 N–H and O–H groups in total. The molecule has 26 heavy (non-hydrogen) atoms. The van der Waals surface area contributed by atoms with Crippen LogP contribution in [0.15, 0.2) is 54.6 Å². The van der Waals surface area contributed by atoms with E-state index in [-0.39, 0.29) is 11.6 Å². The molecular formula is C22H26N2O2. The third-order valence-corrected chi connectivity index (χ3v) is 5.90. The third-order valence-electron chi connectivity index (χ3n) is 5.90. The number of urea groups is 1. The second-order valence-corrected chi connectivity index (χ2v) is 7.60. The van der Waals surface area contributed by atoms with Crippen LogP contribution in [0.3, 0.4) is 0 Å². The quantitative estimate of drug-likeness (QED) is 0.892. The van der Waals surface area contributed by atoms with Gasteiger partial charge in [-0.3, -0.25) is 0 Å². The Kier molecular flexibility index (Phi) is 4.58. The summed E-state index contributed by atoms with van der Waals surface area (Å²) < 4.78 is 5.20. The molecule has 1 spiro atoms. The molecule has 2 fully saturated rings. The van der Waals surface area contributed by atoms with Crippen LogP contribution in [0.25, 0.3) is 0 Å². The van der Waals surface area contributed by atoms with Crippen molar-refractivity contribution in [1.82, 2.24) is 10.2 Å². The van der Waals surface area contributed by atoms with E-state index < -0.39 is 0 Å². The lowest BCUT2D eigenvalue weighted by molar-refractivity contribution is 0.214. The molecular weight excluding hydrogens is 324 g/mol. The lowest BCUT2D eigenvalue weighted by atomic mass is 9.74. The summed E-state index contributed by atoms with van der Waals surface area (Å²) in [5.41, 5.74) is 2.52. The first-order valence-electron chi connectivity index (χ1n) is 9.42. The van der Waals surface area contributed by atoms with Gasteiger partial charge in [-0.25, -0.2) is 4.79 Å². The number of nitrogens with one attached hydrogen (secondary N) is 1. The topological polar surface area (TPSA) is 41.6 Å². The highest BCUT2D eigenvalue weighted by Crippen LogP contribution is 2.40. The Labute approximate surface area is 155 Å². The van der Waals surface area contributed by atoms with E-state index in [2.05, 4.69) is 35.6 Å². The molecule has 0 unspecified atom stereocenters. The van der Waals surface area contributed by atoms with Crippen molar-refractivity contribution in [3.63, 3.8) is 0 Å². The average molecular weight is 350 g/mol. The molecule has 2 aromatic carbocycles. The highest BCUT2D eigenvalue weighted by Gasteiger charge is 2.44. The first-order chi connectivity index (χ1) is 12.7. The number of ether oxygens (including phenoxy) is 1. The van der Waals surface area contributed by atoms with Gasteiger partial charge in [0, 0.05) is 13.1 Å². The molecule has 1 heterocycles. The zero-order chi connectivity index (χ0) is 18.0. The van der Waals surface area contributed by atoms with E-state index in [1.54, 1.807) is 7.11 Å². The molecule has 0 atom stereocenters. The number of hydrogen-bond donors (Lipinski definition) is 1. The minimum absolute atomic E-state index is 0.0468. The molecule has 4 heteroatoms. The molecule has 4 nitrogen and oxygen atoms in total. The maximum Gasteiger partial charge on any atom is 0.318 e. The highest BCUT2D eigenvalue weighted by molar-refractivity contribution is 5.78. The molecule has 1 aliphatic heterocycles. The highest BCUT2D eigenvalue weighted by atomic mass is 16.5. The fourth-order valence-electron chi connectivity index (χ4n) is 4.37. The molecule has 0 aromatic heterocycles. The van der Waals surface area contributed by atoms with Gasteiger partial charge in [0.25, 0.3) is 0 Å². The molecule has 136 valence electrons. The predicted molar refractivity (Wildman–Crippen MR) is 102 cm³/mol. The van der Waals surface area contributed by atoms with Crippen LogP contribution in [-0.2, 0) is 6.54 Å². The SMILES string of the molecule is COc1ccc(CN2CC3(CCC(c4ccccc4)CC3)NC2=O)cc1. The first-order valence-corrected chi connectivity index (χ1v) is 9.42. The summed E-state index contributed by atoms with van der Waals surface area (Å²) in [5.74, 6) is 1.46. The van der Waals surface area contributed by atoms with Gasteiger partial charge in [0.15, 0.2) is 0 Å². The monoisotopic (exact) mass is 350 g/mol. The van der Waals surface area contributed by atoms with E-state index in [1.165, 1.54) is 5.56 Å². The summed E-state index contributed by atoms with van der Waals surface area (Å²) in [4.78, 5) is 14.5. The van der Waals surface area contributed by atoms with Crippen molar-refractivity contribution in [3.05, 3.63) is 65.7 Å². The fourth-order valence-corrected chi connectivity index (χ4v) is 4.37. The molecule has 0 bridgehead atoms. The maximum absolute atomic E-state index is 12.5. The first kappa shape index (κ1) is 17.0. The van der Waals surface area contributed by atoms with Gasteiger partial charge in [-0.05, 0) is 54.9 Å². The number of hydrogen-bond acceptors (Lipinski definition) is 2. The van der Waals surface area contributed by atoms with Crippen molar-refractivity contribution in [1.29, 1.82) is 0 Å². The maximum atomic E-state index is 12.5. The van der Waals surface area contributed by atoms with Crippen LogP contribution in [0.4, 0.5) is 4.79 Å². The predicted octanol–water partition coefficient (Wildman–Crippen LogP) is 4.32. The second-order valence-electron chi connectivity index (χ2n) is 7.60. The molecule has 1 saturated heterocycles. The van der Waals surface area contributed by atoms with E-state index in [4.69, 9.17) is 4.74 Å². The number of rotatable bonds is 4. The van der Waals surface area contributed by atoms with E-state index in [0.717, 1.165) is 43.5 Å². The third kappa shape index (κ3) is 3.41. The van der Waals surface area contributed by atoms with Crippen LogP contribution < -0.4 is 10.1 Å². The minimum atomic E-state index is -0.0468. The van der Waals surface area contributed by atoms with Crippen LogP contribution >= 0.6 is 0 Å². The van der Waals surface area contributed by atoms with Crippen molar-refractivity contribution < 1.29 is 9.53 Å². The van der Waals surface area contributed by atoms with Crippen molar-refractivity contribution in [3.8, 4) is 5.75 Å². The second kappa shape index (κ2) is 7.02. The molecule has 1 aliphatic carbocycles. The van der Waals surface area contributed by atoms with Gasteiger partial charge in [0.1, 0.15) is 5.75 Å². The van der Waals surface area contributed by atoms with Crippen LogP contribution in [0.1, 0.15) is 42.7 Å². The van der Waals surface area contributed by atoms with Crippen molar-refractivity contribution in [2.24, 2.45) is 0 Å². The largest absolute Gasteiger partial charge is 0.497 e. The Balaban J connectivity index is 1.38. The van der Waals surface area contributed by atoms with Gasteiger partial charge >= 0.3 is 6.03 Å². The number of carbonyl (C=O) groups excluding carboxylic acids is 1. The Morgan fingerprint density at radius 1 is 1.08 bits per heavy atom. The lowest BCUT2D eigenvalue weighted by Gasteiger charge is -2.36. The molecule has 4 rings (SSSR count). The van der Waals surface area contributed by atoms with E-state index in [9.17, 15) is 4.79 Å². The number of methoxy groups -OCH3 is 1. The average Bonchev–Trinajstić information content (AvgIpc) is 2.98. The summed E-state index contributed by atoms with van der Waals surface area (Å²) in [7, 11) is 1.67. The molecule has 0 radical (unpaired) electrons. The number of nitrogens with zero attached hydrogens (tertiary/aromatic N) is 1.